The molecule has 1 spiro atoms. The van der Waals surface area contributed by atoms with Crippen molar-refractivity contribution in [1.82, 2.24) is 10.2 Å². The summed E-state index contributed by atoms with van der Waals surface area (Å²) in [5.74, 6) is -0.777. The Morgan fingerprint density at radius 1 is 1.40 bits per heavy atom. The Bertz CT molecular complexity index is 678. The summed E-state index contributed by atoms with van der Waals surface area (Å²) in [5.41, 5.74) is 0.471. The summed E-state index contributed by atoms with van der Waals surface area (Å²) in [4.78, 5) is 25.4. The molecule has 2 aliphatic rings. The van der Waals surface area contributed by atoms with Gasteiger partial charge in [0.2, 0.25) is 5.91 Å². The van der Waals surface area contributed by atoms with E-state index in [1.54, 1.807) is 7.11 Å². The maximum Gasteiger partial charge on any atom is 0.309 e. The second kappa shape index (κ2) is 7.27. The number of aliphatic carboxylic acids is 1. The molecule has 6 heteroatoms. The average molecular weight is 344 g/mol. The SMILES string of the molecule is COc1ccccc1/C=C/CN1CCC2(CC1)NC(=O)CC2C(=O)O. The summed E-state index contributed by atoms with van der Waals surface area (Å²) in [5, 5.41) is 12.3. The number of nitrogens with one attached hydrogen (secondary N) is 1. The van der Waals surface area contributed by atoms with Gasteiger partial charge in [-0.25, -0.2) is 0 Å². The second-order valence-corrected chi connectivity index (χ2v) is 6.74. The van der Waals surface area contributed by atoms with Crippen LogP contribution in [0.15, 0.2) is 30.3 Å². The van der Waals surface area contributed by atoms with Crippen molar-refractivity contribution in [3.63, 3.8) is 0 Å². The number of benzene rings is 1. The van der Waals surface area contributed by atoms with Crippen LogP contribution in [0, 0.1) is 5.92 Å². The third-order valence-electron chi connectivity index (χ3n) is 5.29. The van der Waals surface area contributed by atoms with Crippen LogP contribution in [0.3, 0.4) is 0 Å². The molecule has 0 radical (unpaired) electrons. The summed E-state index contributed by atoms with van der Waals surface area (Å²) in [7, 11) is 1.66. The largest absolute Gasteiger partial charge is 0.496 e. The van der Waals surface area contributed by atoms with Gasteiger partial charge in [-0.1, -0.05) is 30.4 Å². The summed E-state index contributed by atoms with van der Waals surface area (Å²) in [6.07, 6.45) is 5.60. The number of methoxy groups -OCH3 is 1. The minimum atomic E-state index is -0.872. The summed E-state index contributed by atoms with van der Waals surface area (Å²) < 4.78 is 5.33. The fraction of sp³-hybridized carbons (Fsp3) is 0.474. The third-order valence-corrected chi connectivity index (χ3v) is 5.29. The van der Waals surface area contributed by atoms with Gasteiger partial charge in [-0.2, -0.15) is 0 Å². The lowest BCUT2D eigenvalue weighted by atomic mass is 9.78. The van der Waals surface area contributed by atoms with Gasteiger partial charge in [-0.15, -0.1) is 0 Å². The highest BCUT2D eigenvalue weighted by Crippen LogP contribution is 2.36. The quantitative estimate of drug-likeness (QED) is 0.851. The van der Waals surface area contributed by atoms with Crippen molar-refractivity contribution >= 4 is 18.0 Å². The Kier molecular flexibility index (Phi) is 5.08. The molecule has 3 rings (SSSR count). The number of hydrogen-bond donors (Lipinski definition) is 2. The van der Waals surface area contributed by atoms with E-state index in [9.17, 15) is 14.7 Å². The minimum Gasteiger partial charge on any atom is -0.496 e. The molecule has 0 aromatic heterocycles. The number of carbonyl (C=O) groups is 2. The first-order chi connectivity index (χ1) is 12.0. The first kappa shape index (κ1) is 17.5. The molecule has 2 aliphatic heterocycles. The predicted octanol–water partition coefficient (Wildman–Crippen LogP) is 1.76. The van der Waals surface area contributed by atoms with Crippen LogP contribution >= 0.6 is 0 Å². The van der Waals surface area contributed by atoms with Gasteiger partial charge in [-0.05, 0) is 18.9 Å². The fourth-order valence-electron chi connectivity index (χ4n) is 3.86. The Labute approximate surface area is 147 Å². The molecule has 134 valence electrons. The predicted molar refractivity (Wildman–Crippen MR) is 94.3 cm³/mol. The zero-order valence-electron chi connectivity index (χ0n) is 14.4. The van der Waals surface area contributed by atoms with Crippen LogP contribution in [0.5, 0.6) is 5.75 Å². The van der Waals surface area contributed by atoms with Gasteiger partial charge in [0.25, 0.3) is 0 Å². The van der Waals surface area contributed by atoms with E-state index in [1.807, 2.05) is 30.3 Å². The third kappa shape index (κ3) is 3.69. The molecule has 2 saturated heterocycles. The van der Waals surface area contributed by atoms with Gasteiger partial charge >= 0.3 is 5.97 Å². The molecule has 1 aromatic rings. The molecule has 0 bridgehead atoms. The Balaban J connectivity index is 1.57. The van der Waals surface area contributed by atoms with Crippen LogP contribution in [0.25, 0.3) is 6.08 Å². The summed E-state index contributed by atoms with van der Waals surface area (Å²) in [6.45, 7) is 2.35. The molecule has 2 N–H and O–H groups in total. The van der Waals surface area contributed by atoms with Gasteiger partial charge in [0, 0.05) is 31.6 Å². The molecule has 1 atom stereocenters. The molecule has 1 amide bonds. The maximum atomic E-state index is 11.7. The van der Waals surface area contributed by atoms with E-state index in [1.165, 1.54) is 0 Å². The van der Waals surface area contributed by atoms with Crippen molar-refractivity contribution in [3.05, 3.63) is 35.9 Å². The Morgan fingerprint density at radius 3 is 2.80 bits per heavy atom. The molecular weight excluding hydrogens is 320 g/mol. The highest BCUT2D eigenvalue weighted by Gasteiger charge is 2.51. The Morgan fingerprint density at radius 2 is 2.12 bits per heavy atom. The molecule has 0 saturated carbocycles. The fourth-order valence-corrected chi connectivity index (χ4v) is 3.86. The van der Waals surface area contributed by atoms with Gasteiger partial charge in [-0.3, -0.25) is 14.5 Å². The number of amides is 1. The number of likely N-dealkylation sites (tertiary alicyclic amines) is 1. The normalized spacial score (nSPS) is 23.1. The lowest BCUT2D eigenvalue weighted by Crippen LogP contribution is -2.55. The number of hydrogen-bond acceptors (Lipinski definition) is 4. The maximum absolute atomic E-state index is 11.7. The zero-order chi connectivity index (χ0) is 17.9. The molecule has 1 unspecified atom stereocenters. The number of rotatable bonds is 5. The number of carboxylic acid groups (broad SMARTS) is 1. The van der Waals surface area contributed by atoms with E-state index in [2.05, 4.69) is 16.3 Å². The zero-order valence-corrected chi connectivity index (χ0v) is 14.4. The van der Waals surface area contributed by atoms with E-state index in [4.69, 9.17) is 4.74 Å². The summed E-state index contributed by atoms with van der Waals surface area (Å²) >= 11 is 0. The van der Waals surface area contributed by atoms with Gasteiger partial charge < -0.3 is 15.2 Å². The lowest BCUT2D eigenvalue weighted by molar-refractivity contribution is -0.144. The van der Waals surface area contributed by atoms with Gasteiger partial charge in [0.15, 0.2) is 0 Å². The number of piperidine rings is 1. The van der Waals surface area contributed by atoms with E-state index < -0.39 is 17.4 Å². The van der Waals surface area contributed by atoms with Crippen LogP contribution in [0.1, 0.15) is 24.8 Å². The monoisotopic (exact) mass is 344 g/mol. The van der Waals surface area contributed by atoms with Crippen molar-refractivity contribution in [3.8, 4) is 5.75 Å². The molecule has 25 heavy (non-hydrogen) atoms. The first-order valence-electron chi connectivity index (χ1n) is 8.60. The molecule has 0 aliphatic carbocycles. The molecule has 6 nitrogen and oxygen atoms in total. The Hall–Kier alpha value is -2.34. The smallest absolute Gasteiger partial charge is 0.309 e. The van der Waals surface area contributed by atoms with Crippen LogP contribution in [-0.4, -0.2) is 54.2 Å². The molecule has 1 aromatic carbocycles. The van der Waals surface area contributed by atoms with E-state index in [0.717, 1.165) is 30.9 Å². The van der Waals surface area contributed by atoms with Crippen molar-refractivity contribution in [1.29, 1.82) is 0 Å². The number of nitrogens with zero attached hydrogens (tertiary/aromatic N) is 1. The van der Waals surface area contributed by atoms with Crippen molar-refractivity contribution in [2.75, 3.05) is 26.7 Å². The number of ether oxygens (including phenoxy) is 1. The van der Waals surface area contributed by atoms with Crippen molar-refractivity contribution in [2.45, 2.75) is 24.8 Å². The van der Waals surface area contributed by atoms with Gasteiger partial charge in [0.05, 0.1) is 18.6 Å². The first-order valence-corrected chi connectivity index (χ1v) is 8.60. The van der Waals surface area contributed by atoms with Crippen LogP contribution in [0.2, 0.25) is 0 Å². The van der Waals surface area contributed by atoms with Crippen LogP contribution in [-0.2, 0) is 9.59 Å². The molecule has 2 heterocycles. The lowest BCUT2D eigenvalue weighted by Gasteiger charge is -2.41. The number of carboxylic acids is 1. The van der Waals surface area contributed by atoms with Crippen molar-refractivity contribution in [2.24, 2.45) is 5.92 Å². The van der Waals surface area contributed by atoms with E-state index >= 15 is 0 Å². The van der Waals surface area contributed by atoms with Crippen molar-refractivity contribution < 1.29 is 19.4 Å². The van der Waals surface area contributed by atoms with Crippen LogP contribution < -0.4 is 10.1 Å². The molecular formula is C19H24N2O4. The highest BCUT2D eigenvalue weighted by molar-refractivity contribution is 5.88. The number of carbonyl (C=O) groups excluding carboxylic acids is 1. The standard InChI is InChI=1S/C19H24N2O4/c1-25-16-7-3-2-5-14(16)6-4-10-21-11-8-19(9-12-21)15(18(23)24)13-17(22)20-19/h2-7,15H,8-13H2,1H3,(H,20,22)(H,23,24)/b6-4+. The van der Waals surface area contributed by atoms with Crippen LogP contribution in [0.4, 0.5) is 0 Å². The highest BCUT2D eigenvalue weighted by atomic mass is 16.5. The minimum absolute atomic E-state index is 0.100. The summed E-state index contributed by atoms with van der Waals surface area (Å²) in [6, 6.07) is 7.85. The number of para-hydroxylation sites is 1. The second-order valence-electron chi connectivity index (χ2n) is 6.74. The topological polar surface area (TPSA) is 78.9 Å². The van der Waals surface area contributed by atoms with E-state index in [-0.39, 0.29) is 12.3 Å². The molecule has 2 fully saturated rings. The van der Waals surface area contributed by atoms with Gasteiger partial charge in [0.1, 0.15) is 5.75 Å². The van der Waals surface area contributed by atoms with E-state index in [0.29, 0.717) is 12.8 Å². The average Bonchev–Trinajstić information content (AvgIpc) is 2.93.